The molecule has 0 fully saturated rings. The molecule has 0 N–H and O–H groups in total. The summed E-state index contributed by atoms with van der Waals surface area (Å²) in [5.74, 6) is -1.72. The fourth-order valence-corrected chi connectivity index (χ4v) is 6.25. The van der Waals surface area contributed by atoms with E-state index in [-0.39, 0.29) is 42.7 Å². The number of carbonyl (C=O) groups excluding carboxylic acids is 3. The van der Waals surface area contributed by atoms with Crippen LogP contribution in [0.5, 0.6) is 0 Å². The van der Waals surface area contributed by atoms with Gasteiger partial charge in [0.2, 0.25) is 0 Å². The quantitative estimate of drug-likeness (QED) is 0.0362. The zero-order valence-corrected chi connectivity index (χ0v) is 32.9. The number of aliphatic carboxylic acids is 1. The lowest BCUT2D eigenvalue weighted by atomic mass is 10.0. The van der Waals surface area contributed by atoms with Crippen molar-refractivity contribution in [2.45, 2.75) is 206 Å². The van der Waals surface area contributed by atoms with E-state index < -0.39 is 18.1 Å². The zero-order chi connectivity index (χ0) is 36.4. The van der Waals surface area contributed by atoms with Crippen LogP contribution in [-0.4, -0.2) is 75.5 Å². The third kappa shape index (κ3) is 32.0. The Morgan fingerprint density at radius 2 is 0.898 bits per heavy atom. The van der Waals surface area contributed by atoms with Crippen LogP contribution >= 0.6 is 0 Å². The van der Waals surface area contributed by atoms with Gasteiger partial charge in [-0.05, 0) is 12.8 Å². The van der Waals surface area contributed by atoms with Crippen LogP contribution in [0.2, 0.25) is 0 Å². The fraction of sp³-hybridized carbons (Fsp3) is 0.927. The molecule has 0 aromatic rings. The molecule has 2 unspecified atom stereocenters. The number of rotatable bonds is 37. The molecule has 0 radical (unpaired) electrons. The third-order valence-electron chi connectivity index (χ3n) is 9.49. The zero-order valence-electron chi connectivity index (χ0n) is 32.9. The second-order valence-electron chi connectivity index (χ2n) is 15.2. The number of nitrogens with zero attached hydrogens (tertiary/aromatic N) is 1. The molecule has 0 heterocycles. The Labute approximate surface area is 302 Å². The van der Waals surface area contributed by atoms with Gasteiger partial charge in [0, 0.05) is 19.3 Å². The van der Waals surface area contributed by atoms with Crippen molar-refractivity contribution in [1.82, 2.24) is 0 Å². The molecular formula is C41H79NO7. The molecule has 290 valence electrons. The highest BCUT2D eigenvalue weighted by atomic mass is 16.6. The lowest BCUT2D eigenvalue weighted by Crippen LogP contribution is -2.55. The van der Waals surface area contributed by atoms with E-state index in [2.05, 4.69) is 13.8 Å². The van der Waals surface area contributed by atoms with E-state index in [0.717, 1.165) is 38.5 Å². The van der Waals surface area contributed by atoms with Crippen molar-refractivity contribution in [3.8, 4) is 0 Å². The lowest BCUT2D eigenvalue weighted by molar-refractivity contribution is -0.889. The Morgan fingerprint density at radius 1 is 0.531 bits per heavy atom. The second kappa shape index (κ2) is 33.5. The highest BCUT2D eigenvalue weighted by Gasteiger charge is 2.25. The van der Waals surface area contributed by atoms with E-state index in [1.54, 1.807) is 21.1 Å². The molecule has 0 aliphatic rings. The third-order valence-corrected chi connectivity index (χ3v) is 9.49. The van der Waals surface area contributed by atoms with E-state index in [4.69, 9.17) is 14.2 Å². The number of quaternary nitrogens is 1. The summed E-state index contributed by atoms with van der Waals surface area (Å²) < 4.78 is 17.1. The summed E-state index contributed by atoms with van der Waals surface area (Å²) in [6, 6.07) is -0.718. The monoisotopic (exact) mass is 698 g/mol. The van der Waals surface area contributed by atoms with Gasteiger partial charge in [-0.15, -0.1) is 0 Å². The minimum Gasteiger partial charge on any atom is -0.544 e. The van der Waals surface area contributed by atoms with Crippen LogP contribution in [0.4, 0.5) is 0 Å². The van der Waals surface area contributed by atoms with Crippen LogP contribution in [0.15, 0.2) is 0 Å². The van der Waals surface area contributed by atoms with Gasteiger partial charge in [-0.25, -0.2) is 0 Å². The van der Waals surface area contributed by atoms with Crippen molar-refractivity contribution in [1.29, 1.82) is 0 Å². The molecule has 0 aliphatic heterocycles. The normalized spacial score (nSPS) is 12.9. The van der Waals surface area contributed by atoms with Gasteiger partial charge in [-0.1, -0.05) is 162 Å². The largest absolute Gasteiger partial charge is 0.544 e. The predicted molar refractivity (Wildman–Crippen MR) is 199 cm³/mol. The number of esters is 2. The number of hydrogen-bond donors (Lipinski definition) is 0. The summed E-state index contributed by atoms with van der Waals surface area (Å²) in [5, 5.41) is 11.6. The minimum absolute atomic E-state index is 0.0487. The van der Waals surface area contributed by atoms with Crippen molar-refractivity contribution >= 4 is 17.9 Å². The summed E-state index contributed by atoms with van der Waals surface area (Å²) in [6.07, 6.45) is 31.2. The molecule has 0 saturated carbocycles. The van der Waals surface area contributed by atoms with Crippen LogP contribution in [0, 0.1) is 0 Å². The number of hydrogen-bond acceptors (Lipinski definition) is 7. The Bertz CT molecular complexity index is 782. The van der Waals surface area contributed by atoms with Gasteiger partial charge >= 0.3 is 11.9 Å². The van der Waals surface area contributed by atoms with Gasteiger partial charge in [0.25, 0.3) is 0 Å². The van der Waals surface area contributed by atoms with E-state index in [1.807, 2.05) is 0 Å². The standard InChI is InChI=1S/C41H79NO7/c1-6-8-10-12-14-16-18-19-20-22-23-25-27-29-31-39(43)48-36-37(35-47-34-33-38(41(45)46)42(3,4)5)49-40(44)32-30-28-26-24-21-17-15-13-11-9-7-2/h37-38H,6-36H2,1-5H3. The van der Waals surface area contributed by atoms with Gasteiger partial charge in [-0.2, -0.15) is 0 Å². The van der Waals surface area contributed by atoms with Crippen molar-refractivity contribution in [3.63, 3.8) is 0 Å². The summed E-state index contributed by atoms with van der Waals surface area (Å²) in [6.45, 7) is 4.67. The molecule has 0 aromatic carbocycles. The van der Waals surface area contributed by atoms with Gasteiger partial charge in [0.15, 0.2) is 6.10 Å². The minimum atomic E-state index is -1.12. The Balaban J connectivity index is 4.34. The smallest absolute Gasteiger partial charge is 0.306 e. The molecule has 8 nitrogen and oxygen atoms in total. The average Bonchev–Trinajstić information content (AvgIpc) is 3.05. The van der Waals surface area contributed by atoms with E-state index >= 15 is 0 Å². The molecule has 0 spiro atoms. The molecule has 0 bridgehead atoms. The molecule has 2 atom stereocenters. The van der Waals surface area contributed by atoms with E-state index in [0.29, 0.717) is 12.8 Å². The number of carboxylic acids is 1. The number of unbranched alkanes of at least 4 members (excludes halogenated alkanes) is 23. The summed E-state index contributed by atoms with van der Waals surface area (Å²) in [4.78, 5) is 36.7. The first-order valence-corrected chi connectivity index (χ1v) is 20.6. The van der Waals surface area contributed by atoms with Crippen molar-refractivity contribution in [2.75, 3.05) is 41.0 Å². The summed E-state index contributed by atoms with van der Waals surface area (Å²) >= 11 is 0. The maximum absolute atomic E-state index is 12.6. The first kappa shape index (κ1) is 47.3. The topological polar surface area (TPSA) is 102 Å². The molecule has 0 aromatic heterocycles. The van der Waals surface area contributed by atoms with Crippen LogP contribution in [0.3, 0.4) is 0 Å². The maximum atomic E-state index is 12.6. The molecule has 0 rings (SSSR count). The maximum Gasteiger partial charge on any atom is 0.306 e. The van der Waals surface area contributed by atoms with Crippen LogP contribution in [-0.2, 0) is 28.6 Å². The van der Waals surface area contributed by atoms with Crippen molar-refractivity contribution < 1.29 is 38.2 Å². The van der Waals surface area contributed by atoms with Crippen molar-refractivity contribution in [2.24, 2.45) is 0 Å². The van der Waals surface area contributed by atoms with E-state index in [9.17, 15) is 19.5 Å². The van der Waals surface area contributed by atoms with Gasteiger partial charge in [-0.3, -0.25) is 9.59 Å². The van der Waals surface area contributed by atoms with Crippen LogP contribution in [0.25, 0.3) is 0 Å². The summed E-state index contributed by atoms with van der Waals surface area (Å²) in [5.41, 5.74) is 0. The Kier molecular flexibility index (Phi) is 32.3. The van der Waals surface area contributed by atoms with Crippen LogP contribution in [0.1, 0.15) is 194 Å². The molecule has 0 amide bonds. The molecular weight excluding hydrogens is 618 g/mol. The number of ether oxygens (including phenoxy) is 3. The highest BCUT2D eigenvalue weighted by Crippen LogP contribution is 2.15. The number of carboxylic acid groups (broad SMARTS) is 1. The van der Waals surface area contributed by atoms with Gasteiger partial charge in [0.05, 0.1) is 40.3 Å². The summed E-state index contributed by atoms with van der Waals surface area (Å²) in [7, 11) is 5.41. The highest BCUT2D eigenvalue weighted by molar-refractivity contribution is 5.70. The number of likely N-dealkylation sites (N-methyl/N-ethyl adjacent to an activating group) is 1. The molecule has 8 heteroatoms. The fourth-order valence-electron chi connectivity index (χ4n) is 6.25. The molecule has 0 saturated heterocycles. The van der Waals surface area contributed by atoms with Crippen LogP contribution < -0.4 is 5.11 Å². The van der Waals surface area contributed by atoms with Gasteiger partial charge in [0.1, 0.15) is 12.6 Å². The van der Waals surface area contributed by atoms with Gasteiger partial charge < -0.3 is 28.6 Å². The van der Waals surface area contributed by atoms with Crippen molar-refractivity contribution in [3.05, 3.63) is 0 Å². The predicted octanol–water partition coefficient (Wildman–Crippen LogP) is 9.25. The first-order chi connectivity index (χ1) is 23.6. The average molecular weight is 698 g/mol. The lowest BCUT2D eigenvalue weighted by Gasteiger charge is -2.34. The second-order valence-corrected chi connectivity index (χ2v) is 15.2. The molecule has 0 aliphatic carbocycles. The Morgan fingerprint density at radius 3 is 1.27 bits per heavy atom. The van der Waals surface area contributed by atoms with E-state index in [1.165, 1.54) is 122 Å². The SMILES string of the molecule is CCCCCCCCCCCCCCCCC(=O)OCC(COCCC(C(=O)[O-])[N+](C)(C)C)OC(=O)CCCCCCCCCCCCC. The molecule has 49 heavy (non-hydrogen) atoms. The first-order valence-electron chi connectivity index (χ1n) is 20.6. The number of carbonyl (C=O) groups is 3. The Hall–Kier alpha value is -1.67.